The van der Waals surface area contributed by atoms with Crippen LogP contribution in [0.5, 0.6) is 11.6 Å². The molecule has 0 amide bonds. The number of carbonyl (C=O) groups excluding carboxylic acids is 1. The van der Waals surface area contributed by atoms with Crippen LogP contribution < -0.4 is 15.4 Å². The first-order chi connectivity index (χ1) is 19.1. The molecule has 3 fully saturated rings. The quantitative estimate of drug-likeness (QED) is 0.301. The highest BCUT2D eigenvalue weighted by molar-refractivity contribution is 5.96. The number of Topliss-reactive ketones (excluding diaryl/α,β-unsaturated/α-hetero) is 1. The van der Waals surface area contributed by atoms with E-state index in [1.807, 2.05) is 31.2 Å². The van der Waals surface area contributed by atoms with Crippen LogP contribution in [0.1, 0.15) is 43.2 Å². The van der Waals surface area contributed by atoms with Crippen molar-refractivity contribution in [3.63, 3.8) is 0 Å². The third kappa shape index (κ3) is 4.76. The number of piperidine rings is 1. The van der Waals surface area contributed by atoms with Gasteiger partial charge in [0.25, 0.3) is 0 Å². The summed E-state index contributed by atoms with van der Waals surface area (Å²) >= 11 is 0. The second-order valence-corrected chi connectivity index (χ2v) is 11.4. The Hall–Kier alpha value is -3.84. The highest BCUT2D eigenvalue weighted by Gasteiger charge is 2.65. The van der Waals surface area contributed by atoms with E-state index in [1.54, 1.807) is 12.4 Å². The van der Waals surface area contributed by atoms with E-state index in [0.717, 1.165) is 71.3 Å². The molecule has 198 valence electrons. The Labute approximate surface area is 228 Å². The number of ether oxygens (including phenoxy) is 1. The van der Waals surface area contributed by atoms with Gasteiger partial charge in [-0.15, -0.1) is 0 Å². The molecule has 2 atom stereocenters. The van der Waals surface area contributed by atoms with E-state index < -0.39 is 0 Å². The van der Waals surface area contributed by atoms with Gasteiger partial charge in [-0.25, -0.2) is 15.0 Å². The zero-order chi connectivity index (χ0) is 26.4. The molecule has 0 unspecified atom stereocenters. The Bertz CT molecular complexity index is 1560. The summed E-state index contributed by atoms with van der Waals surface area (Å²) in [7, 11) is 0. The average Bonchev–Trinajstić information content (AvgIpc) is 3.89. The topological polar surface area (TPSA) is 89.0 Å². The Morgan fingerprint density at radius 3 is 2.82 bits per heavy atom. The summed E-state index contributed by atoms with van der Waals surface area (Å²) in [5.74, 6) is 2.51. The van der Waals surface area contributed by atoms with Gasteiger partial charge >= 0.3 is 0 Å². The van der Waals surface area contributed by atoms with Gasteiger partial charge in [-0.2, -0.15) is 0 Å². The van der Waals surface area contributed by atoms with Crippen LogP contribution >= 0.6 is 0 Å². The Morgan fingerprint density at radius 2 is 2.00 bits per heavy atom. The number of fused-ring (bicyclic) bond motifs is 1. The first-order valence-electron chi connectivity index (χ1n) is 14.1. The van der Waals surface area contributed by atoms with Crippen LogP contribution in [0.3, 0.4) is 0 Å². The number of pyridine rings is 1. The van der Waals surface area contributed by atoms with Crippen molar-refractivity contribution in [2.45, 2.75) is 51.5 Å². The molecule has 2 aromatic heterocycles. The van der Waals surface area contributed by atoms with Gasteiger partial charge in [0.05, 0.1) is 11.3 Å². The summed E-state index contributed by atoms with van der Waals surface area (Å²) in [5.41, 5.74) is 4.01. The second kappa shape index (κ2) is 9.72. The largest absolute Gasteiger partial charge is 0.437 e. The van der Waals surface area contributed by atoms with Crippen LogP contribution in [0.4, 0.5) is 5.95 Å². The summed E-state index contributed by atoms with van der Waals surface area (Å²) in [5, 5.41) is 8.93. The number of nitrogens with zero attached hydrogens (tertiary/aromatic N) is 3. The molecule has 3 heterocycles. The van der Waals surface area contributed by atoms with Crippen molar-refractivity contribution in [3.8, 4) is 22.9 Å². The monoisotopic (exact) mass is 519 g/mol. The molecule has 7 heteroatoms. The van der Waals surface area contributed by atoms with Gasteiger partial charge in [0, 0.05) is 42.7 Å². The number of nitrogens with one attached hydrogen (secondary N) is 2. The van der Waals surface area contributed by atoms with Crippen LogP contribution in [-0.4, -0.2) is 39.9 Å². The SMILES string of the molecule is Cc1ccc2c(CC(=O)[C@@H]3CC34CC4)cccc2c1Oc1ncccc1-c1ccnc(N[C@H]2CCCNC2)n1. The van der Waals surface area contributed by atoms with Crippen molar-refractivity contribution in [3.05, 3.63) is 72.1 Å². The van der Waals surface area contributed by atoms with Crippen molar-refractivity contribution in [2.24, 2.45) is 11.3 Å². The molecule has 39 heavy (non-hydrogen) atoms. The van der Waals surface area contributed by atoms with E-state index in [9.17, 15) is 4.79 Å². The number of rotatable bonds is 8. The molecule has 1 saturated heterocycles. The molecular weight excluding hydrogens is 486 g/mol. The minimum Gasteiger partial charge on any atom is -0.437 e. The van der Waals surface area contributed by atoms with Crippen molar-refractivity contribution < 1.29 is 9.53 Å². The summed E-state index contributed by atoms with van der Waals surface area (Å²) in [4.78, 5) is 26.9. The lowest BCUT2D eigenvalue weighted by Gasteiger charge is -2.23. The molecule has 2 saturated carbocycles. The van der Waals surface area contributed by atoms with E-state index in [2.05, 4.69) is 44.9 Å². The maximum Gasteiger partial charge on any atom is 0.228 e. The van der Waals surface area contributed by atoms with E-state index in [-0.39, 0.29) is 5.92 Å². The summed E-state index contributed by atoms with van der Waals surface area (Å²) in [6.07, 6.45) is 9.76. The minimum atomic E-state index is 0.270. The number of anilines is 1. The van der Waals surface area contributed by atoms with E-state index in [4.69, 9.17) is 9.72 Å². The third-order valence-electron chi connectivity index (χ3n) is 8.67. The standard InChI is InChI=1S/C32H33N5O2/c1-20-9-10-23-21(17-28(38)26-18-32(26)12-13-32)5-2-7-24(23)29(20)39-30-25(8-4-15-34-30)27-11-16-35-31(37-27)36-22-6-3-14-33-19-22/h2,4-5,7-11,15-16,22,26,33H,3,6,12-14,17-19H2,1H3,(H,35,36,37)/t22-,26-/m0/s1. The van der Waals surface area contributed by atoms with Gasteiger partial charge in [-0.05, 0) is 85.7 Å². The maximum absolute atomic E-state index is 13.0. The van der Waals surface area contributed by atoms with Gasteiger partial charge in [0.2, 0.25) is 11.8 Å². The number of carbonyl (C=O) groups is 1. The zero-order valence-electron chi connectivity index (χ0n) is 22.2. The number of hydrogen-bond acceptors (Lipinski definition) is 7. The Kier molecular flexibility index (Phi) is 6.04. The molecule has 1 aliphatic heterocycles. The summed E-state index contributed by atoms with van der Waals surface area (Å²) in [6.45, 7) is 4.01. The van der Waals surface area contributed by atoms with Gasteiger partial charge < -0.3 is 15.4 Å². The van der Waals surface area contributed by atoms with Crippen LogP contribution in [-0.2, 0) is 11.2 Å². The van der Waals surface area contributed by atoms with Crippen molar-refractivity contribution in [1.82, 2.24) is 20.3 Å². The van der Waals surface area contributed by atoms with Gasteiger partial charge in [0.15, 0.2) is 0 Å². The first kappa shape index (κ1) is 24.2. The molecule has 4 aromatic rings. The fourth-order valence-corrected chi connectivity index (χ4v) is 6.12. The molecule has 7 nitrogen and oxygen atoms in total. The molecule has 7 rings (SSSR count). The van der Waals surface area contributed by atoms with Crippen molar-refractivity contribution in [1.29, 1.82) is 0 Å². The predicted molar refractivity (Wildman–Crippen MR) is 152 cm³/mol. The van der Waals surface area contributed by atoms with Crippen molar-refractivity contribution >= 4 is 22.5 Å². The molecule has 2 N–H and O–H groups in total. The fraction of sp³-hybridized carbons (Fsp3) is 0.375. The normalized spacial score (nSPS) is 21.1. The molecular formula is C32H33N5O2. The van der Waals surface area contributed by atoms with Crippen LogP contribution in [0.15, 0.2) is 60.9 Å². The Balaban J connectivity index is 1.18. The highest BCUT2D eigenvalue weighted by atomic mass is 16.5. The number of aromatic nitrogens is 3. The fourth-order valence-electron chi connectivity index (χ4n) is 6.12. The smallest absolute Gasteiger partial charge is 0.228 e. The van der Waals surface area contributed by atoms with Gasteiger partial charge in [-0.1, -0.05) is 30.3 Å². The summed E-state index contributed by atoms with van der Waals surface area (Å²) < 4.78 is 6.57. The van der Waals surface area contributed by atoms with Gasteiger partial charge in [0.1, 0.15) is 11.5 Å². The van der Waals surface area contributed by atoms with Crippen LogP contribution in [0.2, 0.25) is 0 Å². The molecule has 0 bridgehead atoms. The zero-order valence-corrected chi connectivity index (χ0v) is 22.2. The van der Waals surface area contributed by atoms with E-state index in [0.29, 0.717) is 35.5 Å². The lowest BCUT2D eigenvalue weighted by atomic mass is 9.96. The molecule has 1 spiro atoms. The van der Waals surface area contributed by atoms with Crippen LogP contribution in [0.25, 0.3) is 22.0 Å². The molecule has 2 aromatic carbocycles. The second-order valence-electron chi connectivity index (χ2n) is 11.4. The number of aryl methyl sites for hydroxylation is 1. The lowest BCUT2D eigenvalue weighted by molar-refractivity contribution is -0.120. The predicted octanol–water partition coefficient (Wildman–Crippen LogP) is 5.87. The first-order valence-corrected chi connectivity index (χ1v) is 14.1. The van der Waals surface area contributed by atoms with Gasteiger partial charge in [-0.3, -0.25) is 4.79 Å². The van der Waals surface area contributed by atoms with Crippen LogP contribution in [0, 0.1) is 18.3 Å². The number of hydrogen-bond donors (Lipinski definition) is 2. The maximum atomic E-state index is 13.0. The average molecular weight is 520 g/mol. The van der Waals surface area contributed by atoms with E-state index in [1.165, 1.54) is 12.8 Å². The summed E-state index contributed by atoms with van der Waals surface area (Å²) in [6, 6.07) is 16.4. The molecule has 3 aliphatic rings. The number of ketones is 1. The van der Waals surface area contributed by atoms with Crippen molar-refractivity contribution in [2.75, 3.05) is 18.4 Å². The van der Waals surface area contributed by atoms with E-state index >= 15 is 0 Å². The molecule has 2 aliphatic carbocycles. The Morgan fingerprint density at radius 1 is 1.08 bits per heavy atom. The molecule has 0 radical (unpaired) electrons. The lowest BCUT2D eigenvalue weighted by Crippen LogP contribution is -2.38. The number of benzene rings is 2. The highest BCUT2D eigenvalue weighted by Crippen LogP contribution is 2.71. The minimum absolute atomic E-state index is 0.270. The third-order valence-corrected chi connectivity index (χ3v) is 8.67.